The summed E-state index contributed by atoms with van der Waals surface area (Å²) < 4.78 is 6.05. The third-order valence-corrected chi connectivity index (χ3v) is 4.63. The van der Waals surface area contributed by atoms with E-state index in [2.05, 4.69) is 36.8 Å². The van der Waals surface area contributed by atoms with Gasteiger partial charge in [-0.25, -0.2) is 4.79 Å². The summed E-state index contributed by atoms with van der Waals surface area (Å²) in [7, 11) is 0. The highest BCUT2D eigenvalue weighted by atomic mass is 79.9. The maximum absolute atomic E-state index is 10.9. The molecule has 1 N–H and O–H groups in total. The highest BCUT2D eigenvalue weighted by molar-refractivity contribution is 9.11. The van der Waals surface area contributed by atoms with Gasteiger partial charge in [-0.3, -0.25) is 10.1 Å². The number of hydrogen-bond acceptors (Lipinski definition) is 6. The average molecular weight is 458 g/mol. The van der Waals surface area contributed by atoms with Crippen LogP contribution in [0.3, 0.4) is 0 Å². The fourth-order valence-electron chi connectivity index (χ4n) is 1.30. The molecular weight excluding hydrogens is 455 g/mol. The first kappa shape index (κ1) is 16.1. The third-order valence-electron chi connectivity index (χ3n) is 2.14. The molecule has 21 heavy (non-hydrogen) atoms. The summed E-state index contributed by atoms with van der Waals surface area (Å²) in [6, 6.07) is 2.51. The van der Waals surface area contributed by atoms with Crippen molar-refractivity contribution in [2.75, 3.05) is 0 Å². The molecule has 1 aromatic carbocycles. The molecule has 0 saturated carbocycles. The second kappa shape index (κ2) is 6.26. The van der Waals surface area contributed by atoms with Crippen LogP contribution < -0.4 is 4.74 Å². The maximum atomic E-state index is 10.9. The van der Waals surface area contributed by atoms with Gasteiger partial charge in [-0.2, -0.15) is 4.98 Å². The van der Waals surface area contributed by atoms with Crippen molar-refractivity contribution in [2.45, 2.75) is 0 Å². The summed E-state index contributed by atoms with van der Waals surface area (Å²) in [6.07, 6.45) is 0. The van der Waals surface area contributed by atoms with Gasteiger partial charge in [0.15, 0.2) is 15.8 Å². The quantitative estimate of drug-likeness (QED) is 0.525. The Morgan fingerprint density at radius 2 is 2.00 bits per heavy atom. The van der Waals surface area contributed by atoms with Gasteiger partial charge in [0.2, 0.25) is 0 Å². The summed E-state index contributed by atoms with van der Waals surface area (Å²) in [6.45, 7) is 0. The molecule has 0 aliphatic carbocycles. The van der Waals surface area contributed by atoms with Gasteiger partial charge >= 0.3 is 5.97 Å². The molecule has 2 rings (SSSR count). The lowest BCUT2D eigenvalue weighted by molar-refractivity contribution is -0.385. The van der Waals surface area contributed by atoms with Gasteiger partial charge in [0, 0.05) is 12.1 Å². The van der Waals surface area contributed by atoms with Crippen LogP contribution in [-0.2, 0) is 0 Å². The van der Waals surface area contributed by atoms with E-state index in [1.807, 2.05) is 0 Å². The van der Waals surface area contributed by atoms with Crippen LogP contribution in [0.5, 0.6) is 10.9 Å². The summed E-state index contributed by atoms with van der Waals surface area (Å²) in [5.74, 6) is -0.989. The lowest BCUT2D eigenvalue weighted by Crippen LogP contribution is -1.91. The fourth-order valence-corrected chi connectivity index (χ4v) is 3.60. The van der Waals surface area contributed by atoms with Gasteiger partial charge in [0.25, 0.3) is 10.9 Å². The molecule has 0 saturated heterocycles. The minimum absolute atomic E-state index is 0.00709. The zero-order valence-electron chi connectivity index (χ0n) is 9.67. The van der Waals surface area contributed by atoms with Gasteiger partial charge in [0.05, 0.1) is 13.9 Å². The Kier molecular flexibility index (Phi) is 4.81. The van der Waals surface area contributed by atoms with Crippen molar-refractivity contribution in [1.29, 1.82) is 0 Å². The number of aromatic nitrogens is 1. The molecule has 0 spiro atoms. The number of carboxylic acids is 1. The number of carboxylic acid groups (broad SMARTS) is 1. The Bertz CT molecular complexity index is 728. The predicted octanol–water partition coefficient (Wildman–Crippen LogP) is 4.72. The fraction of sp³-hybridized carbons (Fsp3) is 0. The molecule has 0 fully saturated rings. The van der Waals surface area contributed by atoms with Crippen molar-refractivity contribution < 1.29 is 19.6 Å². The number of non-ortho nitro benzene ring substituents is 1. The molecule has 2 aromatic rings. The summed E-state index contributed by atoms with van der Waals surface area (Å²) >= 11 is 12.7. The molecule has 0 unspecified atom stereocenters. The minimum Gasteiger partial charge on any atom is -0.477 e. The summed E-state index contributed by atoms with van der Waals surface area (Å²) in [4.78, 5) is 24.7. The highest BCUT2D eigenvalue weighted by Gasteiger charge is 2.20. The highest BCUT2D eigenvalue weighted by Crippen LogP contribution is 2.41. The van der Waals surface area contributed by atoms with E-state index < -0.39 is 10.9 Å². The van der Waals surface area contributed by atoms with E-state index in [-0.39, 0.29) is 26.7 Å². The molecule has 0 atom stereocenters. The van der Waals surface area contributed by atoms with Gasteiger partial charge in [-0.1, -0.05) is 22.9 Å². The van der Waals surface area contributed by atoms with E-state index in [9.17, 15) is 14.9 Å². The third kappa shape index (κ3) is 3.51. The van der Waals surface area contributed by atoms with Crippen LogP contribution in [0.2, 0.25) is 5.15 Å². The van der Waals surface area contributed by atoms with Crippen LogP contribution in [0.1, 0.15) is 9.67 Å². The number of nitro benzene ring substituents is 1. The zero-order valence-corrected chi connectivity index (χ0v) is 14.4. The van der Waals surface area contributed by atoms with Crippen molar-refractivity contribution in [1.82, 2.24) is 4.98 Å². The van der Waals surface area contributed by atoms with Crippen molar-refractivity contribution in [3.05, 3.63) is 41.2 Å². The van der Waals surface area contributed by atoms with E-state index in [0.717, 1.165) is 11.3 Å². The summed E-state index contributed by atoms with van der Waals surface area (Å²) in [5, 5.41) is 19.4. The largest absolute Gasteiger partial charge is 0.477 e. The first-order valence-electron chi connectivity index (χ1n) is 5.00. The van der Waals surface area contributed by atoms with Crippen LogP contribution in [0, 0.1) is 10.1 Å². The van der Waals surface area contributed by atoms with Crippen molar-refractivity contribution in [2.24, 2.45) is 0 Å². The molecule has 0 aliphatic heterocycles. The van der Waals surface area contributed by atoms with Crippen molar-refractivity contribution in [3.8, 4) is 10.9 Å². The van der Waals surface area contributed by atoms with Crippen LogP contribution >= 0.6 is 54.8 Å². The minimum atomic E-state index is -1.21. The standard InChI is InChI=1S/C10H3Br2ClN2O5S/c11-4-1-3(15(18)19)2-5(12)6(4)20-10-14-8(13)7(21-10)9(16)17/h1-2H,(H,16,17). The molecule has 0 amide bonds. The molecule has 1 aromatic heterocycles. The van der Waals surface area contributed by atoms with Crippen LogP contribution in [0.4, 0.5) is 5.69 Å². The Balaban J connectivity index is 2.38. The number of benzene rings is 1. The molecule has 0 aliphatic rings. The number of aromatic carboxylic acids is 1. The van der Waals surface area contributed by atoms with Gasteiger partial charge in [0.1, 0.15) is 0 Å². The van der Waals surface area contributed by atoms with Crippen molar-refractivity contribution in [3.63, 3.8) is 0 Å². The van der Waals surface area contributed by atoms with Gasteiger partial charge in [-0.05, 0) is 31.9 Å². The first-order valence-corrected chi connectivity index (χ1v) is 7.78. The number of ether oxygens (including phenoxy) is 1. The Hall–Kier alpha value is -1.23. The van der Waals surface area contributed by atoms with Crippen LogP contribution in [0.15, 0.2) is 21.1 Å². The maximum Gasteiger partial charge on any atom is 0.349 e. The normalized spacial score (nSPS) is 10.4. The molecule has 7 nitrogen and oxygen atoms in total. The number of hydrogen-bond donors (Lipinski definition) is 1. The van der Waals surface area contributed by atoms with Crippen molar-refractivity contribution >= 4 is 66.5 Å². The van der Waals surface area contributed by atoms with E-state index >= 15 is 0 Å². The number of nitro groups is 1. The Morgan fingerprint density at radius 1 is 1.43 bits per heavy atom. The molecule has 11 heteroatoms. The van der Waals surface area contributed by atoms with Crippen LogP contribution in [0.25, 0.3) is 0 Å². The zero-order chi connectivity index (χ0) is 15.7. The van der Waals surface area contributed by atoms with Gasteiger partial charge in [-0.15, -0.1) is 0 Å². The molecule has 110 valence electrons. The van der Waals surface area contributed by atoms with E-state index in [1.165, 1.54) is 12.1 Å². The second-order valence-corrected chi connectivity index (χ2v) is 6.53. The molecular formula is C10H3Br2ClN2O5S. The number of rotatable bonds is 4. The monoisotopic (exact) mass is 456 g/mol. The lowest BCUT2D eigenvalue weighted by atomic mass is 10.3. The first-order chi connectivity index (χ1) is 9.79. The SMILES string of the molecule is O=C(O)c1sc(Oc2c(Br)cc([N+](=O)[O-])cc2Br)nc1Cl. The van der Waals surface area contributed by atoms with Crippen LogP contribution in [-0.4, -0.2) is 21.0 Å². The average Bonchev–Trinajstić information content (AvgIpc) is 2.74. The molecule has 1 heterocycles. The number of thiazole rings is 1. The number of carbonyl (C=O) groups is 1. The summed E-state index contributed by atoms with van der Waals surface area (Å²) in [5.41, 5.74) is -0.135. The smallest absolute Gasteiger partial charge is 0.349 e. The topological polar surface area (TPSA) is 103 Å². The second-order valence-electron chi connectivity index (χ2n) is 3.50. The number of halogens is 3. The van der Waals surface area contributed by atoms with E-state index in [0.29, 0.717) is 8.95 Å². The predicted molar refractivity (Wildman–Crippen MR) is 82.7 cm³/mol. The number of nitrogens with zero attached hydrogens (tertiary/aromatic N) is 2. The molecule has 0 bridgehead atoms. The van der Waals surface area contributed by atoms with E-state index in [1.54, 1.807) is 0 Å². The molecule has 0 radical (unpaired) electrons. The van der Waals surface area contributed by atoms with E-state index in [4.69, 9.17) is 21.4 Å². The Labute approximate surface area is 142 Å². The van der Waals surface area contributed by atoms with Gasteiger partial charge < -0.3 is 9.84 Å². The Morgan fingerprint density at radius 3 is 2.43 bits per heavy atom. The lowest BCUT2D eigenvalue weighted by Gasteiger charge is -2.06.